The van der Waals surface area contributed by atoms with Crippen LogP contribution >= 0.6 is 0 Å². The van der Waals surface area contributed by atoms with E-state index in [1.165, 1.54) is 19.3 Å². The molecule has 0 radical (unpaired) electrons. The number of allylic oxidation sites excluding steroid dienone is 1. The van der Waals surface area contributed by atoms with Crippen molar-refractivity contribution in [3.8, 4) is 0 Å². The van der Waals surface area contributed by atoms with Gasteiger partial charge in [0.15, 0.2) is 0 Å². The number of aliphatic carboxylic acids is 1. The summed E-state index contributed by atoms with van der Waals surface area (Å²) in [6.07, 6.45) is 9.35. The molecule has 1 unspecified atom stereocenters. The first-order chi connectivity index (χ1) is 7.11. The number of carbonyl (C=O) groups is 1. The van der Waals surface area contributed by atoms with E-state index in [4.69, 9.17) is 10.8 Å². The zero-order chi connectivity index (χ0) is 11.3. The molecule has 0 heterocycles. The molecule has 3 nitrogen and oxygen atoms in total. The topological polar surface area (TPSA) is 63.3 Å². The van der Waals surface area contributed by atoms with Crippen LogP contribution in [0.3, 0.4) is 0 Å². The van der Waals surface area contributed by atoms with Crippen molar-refractivity contribution in [3.63, 3.8) is 0 Å². The van der Waals surface area contributed by atoms with Gasteiger partial charge in [-0.3, -0.25) is 4.79 Å². The third-order valence-electron chi connectivity index (χ3n) is 3.26. The molecular formula is C12H21NO2. The zero-order valence-electron chi connectivity index (χ0n) is 9.24. The van der Waals surface area contributed by atoms with Gasteiger partial charge in [0, 0.05) is 0 Å². The maximum absolute atomic E-state index is 10.7. The van der Waals surface area contributed by atoms with Gasteiger partial charge < -0.3 is 10.8 Å². The van der Waals surface area contributed by atoms with Crippen LogP contribution in [0.25, 0.3) is 0 Å². The van der Waals surface area contributed by atoms with Crippen LogP contribution in [0, 0.1) is 5.92 Å². The average molecular weight is 211 g/mol. The van der Waals surface area contributed by atoms with Crippen molar-refractivity contribution in [2.75, 3.05) is 0 Å². The molecule has 0 amide bonds. The monoisotopic (exact) mass is 211 g/mol. The van der Waals surface area contributed by atoms with Gasteiger partial charge in [0.1, 0.15) is 5.54 Å². The highest BCUT2D eigenvalue weighted by Gasteiger charge is 2.56. The minimum atomic E-state index is -0.888. The van der Waals surface area contributed by atoms with Crippen LogP contribution in [0.1, 0.15) is 44.9 Å². The number of hydrogen-bond donors (Lipinski definition) is 2. The fourth-order valence-corrected chi connectivity index (χ4v) is 2.00. The van der Waals surface area contributed by atoms with E-state index < -0.39 is 11.5 Å². The van der Waals surface area contributed by atoms with Gasteiger partial charge in [-0.05, 0) is 31.6 Å². The van der Waals surface area contributed by atoms with Gasteiger partial charge in [-0.25, -0.2) is 0 Å². The molecule has 1 aliphatic rings. The lowest BCUT2D eigenvalue weighted by atomic mass is 10.1. The van der Waals surface area contributed by atoms with Crippen LogP contribution in [0.15, 0.2) is 12.7 Å². The molecule has 1 aliphatic carbocycles. The first kappa shape index (κ1) is 12.2. The van der Waals surface area contributed by atoms with Gasteiger partial charge in [-0.15, -0.1) is 6.58 Å². The molecule has 1 fully saturated rings. The van der Waals surface area contributed by atoms with E-state index in [1.807, 2.05) is 6.08 Å². The summed E-state index contributed by atoms with van der Waals surface area (Å²) in [7, 11) is 0. The highest BCUT2D eigenvalue weighted by Crippen LogP contribution is 2.44. The number of carboxylic acids is 1. The van der Waals surface area contributed by atoms with Gasteiger partial charge in [0.05, 0.1) is 0 Å². The summed E-state index contributed by atoms with van der Waals surface area (Å²) in [6.45, 7) is 3.67. The fourth-order valence-electron chi connectivity index (χ4n) is 2.00. The minimum absolute atomic E-state index is 0.217. The number of carboxylic acid groups (broad SMARTS) is 1. The molecule has 15 heavy (non-hydrogen) atoms. The zero-order valence-corrected chi connectivity index (χ0v) is 9.24. The summed E-state index contributed by atoms with van der Waals surface area (Å²) in [5, 5.41) is 8.82. The molecule has 0 saturated heterocycles. The number of unbranched alkanes of at least 4 members (excludes halogenated alkanes) is 4. The molecule has 86 valence electrons. The SMILES string of the molecule is C=CCCCCCCC1C[C@]1(N)C(=O)O. The van der Waals surface area contributed by atoms with E-state index in [-0.39, 0.29) is 5.92 Å². The summed E-state index contributed by atoms with van der Waals surface area (Å²) in [5.41, 5.74) is 4.80. The predicted octanol–water partition coefficient (Wildman–Crippen LogP) is 2.31. The van der Waals surface area contributed by atoms with Crippen molar-refractivity contribution in [3.05, 3.63) is 12.7 Å². The Hall–Kier alpha value is -0.830. The molecule has 0 spiro atoms. The molecule has 3 heteroatoms. The van der Waals surface area contributed by atoms with Crippen molar-refractivity contribution in [2.24, 2.45) is 11.7 Å². The van der Waals surface area contributed by atoms with E-state index in [9.17, 15) is 4.79 Å². The summed E-state index contributed by atoms with van der Waals surface area (Å²) in [5.74, 6) is -0.617. The normalized spacial score (nSPS) is 28.7. The maximum atomic E-state index is 10.7. The van der Waals surface area contributed by atoms with Gasteiger partial charge in [0.2, 0.25) is 0 Å². The van der Waals surface area contributed by atoms with Crippen LogP contribution in [-0.4, -0.2) is 16.6 Å². The van der Waals surface area contributed by atoms with E-state index in [1.54, 1.807) is 0 Å². The third kappa shape index (κ3) is 3.34. The van der Waals surface area contributed by atoms with Crippen LogP contribution in [-0.2, 0) is 4.79 Å². The van der Waals surface area contributed by atoms with Crippen LogP contribution < -0.4 is 5.73 Å². The van der Waals surface area contributed by atoms with Crippen molar-refractivity contribution in [1.82, 2.24) is 0 Å². The molecule has 0 aromatic heterocycles. The number of hydrogen-bond acceptors (Lipinski definition) is 2. The summed E-state index contributed by atoms with van der Waals surface area (Å²) < 4.78 is 0. The molecule has 1 saturated carbocycles. The smallest absolute Gasteiger partial charge is 0.323 e. The quantitative estimate of drug-likeness (QED) is 0.478. The lowest BCUT2D eigenvalue weighted by Crippen LogP contribution is -2.35. The first-order valence-electron chi connectivity index (χ1n) is 5.74. The third-order valence-corrected chi connectivity index (χ3v) is 3.26. The second kappa shape index (κ2) is 5.31. The maximum Gasteiger partial charge on any atom is 0.323 e. The lowest BCUT2D eigenvalue weighted by molar-refractivity contribution is -0.140. The van der Waals surface area contributed by atoms with Crippen LogP contribution in [0.2, 0.25) is 0 Å². The minimum Gasteiger partial charge on any atom is -0.480 e. The van der Waals surface area contributed by atoms with Crippen LogP contribution in [0.5, 0.6) is 0 Å². The molecule has 3 N–H and O–H groups in total. The predicted molar refractivity (Wildman–Crippen MR) is 60.6 cm³/mol. The lowest BCUT2D eigenvalue weighted by Gasteiger charge is -2.04. The molecule has 0 bridgehead atoms. The molecule has 0 aromatic carbocycles. The van der Waals surface area contributed by atoms with E-state index in [0.717, 1.165) is 19.3 Å². The Bertz CT molecular complexity index is 240. The van der Waals surface area contributed by atoms with E-state index in [2.05, 4.69) is 6.58 Å². The molecular weight excluding hydrogens is 190 g/mol. The van der Waals surface area contributed by atoms with Gasteiger partial charge in [-0.1, -0.05) is 25.3 Å². The summed E-state index contributed by atoms with van der Waals surface area (Å²) in [4.78, 5) is 10.7. The molecule has 0 aliphatic heterocycles. The Morgan fingerprint density at radius 1 is 1.47 bits per heavy atom. The van der Waals surface area contributed by atoms with E-state index >= 15 is 0 Å². The fraction of sp³-hybridized carbons (Fsp3) is 0.750. The van der Waals surface area contributed by atoms with Crippen molar-refractivity contribution in [2.45, 2.75) is 50.5 Å². The first-order valence-corrected chi connectivity index (χ1v) is 5.74. The Kier molecular flexibility index (Phi) is 4.33. The highest BCUT2D eigenvalue weighted by atomic mass is 16.4. The van der Waals surface area contributed by atoms with Gasteiger partial charge in [-0.2, -0.15) is 0 Å². The number of rotatable bonds is 8. The molecule has 0 aromatic rings. The Morgan fingerprint density at radius 2 is 2.13 bits per heavy atom. The Labute approximate surface area is 91.4 Å². The average Bonchev–Trinajstić information content (AvgIpc) is 2.85. The second-order valence-corrected chi connectivity index (χ2v) is 4.53. The standard InChI is InChI=1S/C12H21NO2/c1-2-3-4-5-6-7-8-10-9-12(10,13)11(14)15/h2,10H,1,3-9,13H2,(H,14,15)/t10?,12-/m1/s1. The molecule has 1 rings (SSSR count). The number of nitrogens with two attached hydrogens (primary N) is 1. The van der Waals surface area contributed by atoms with Crippen LogP contribution in [0.4, 0.5) is 0 Å². The highest BCUT2D eigenvalue weighted by molar-refractivity contribution is 5.82. The van der Waals surface area contributed by atoms with Crippen molar-refractivity contribution in [1.29, 1.82) is 0 Å². The van der Waals surface area contributed by atoms with Gasteiger partial charge in [0.25, 0.3) is 0 Å². The largest absolute Gasteiger partial charge is 0.480 e. The second-order valence-electron chi connectivity index (χ2n) is 4.53. The van der Waals surface area contributed by atoms with Crippen molar-refractivity contribution < 1.29 is 9.90 Å². The molecule has 2 atom stereocenters. The van der Waals surface area contributed by atoms with Crippen molar-refractivity contribution >= 4 is 5.97 Å². The summed E-state index contributed by atoms with van der Waals surface area (Å²) >= 11 is 0. The Morgan fingerprint density at radius 3 is 2.67 bits per heavy atom. The Balaban J connectivity index is 1.99. The van der Waals surface area contributed by atoms with E-state index in [0.29, 0.717) is 6.42 Å². The van der Waals surface area contributed by atoms with Gasteiger partial charge >= 0.3 is 5.97 Å². The summed E-state index contributed by atoms with van der Waals surface area (Å²) in [6, 6.07) is 0.